The standard InChI is InChI=1S/C24H25N5O/c1-16(25)23(30)22-24(26)29(15-17-8-7-13-27-14-17)20-12-6-5-11-19(20)21(28-22)18-9-3-2-4-10-18/h2-14,16,22,24H,15,25-26H2,1H3. The van der Waals surface area contributed by atoms with Crippen molar-refractivity contribution in [2.45, 2.75) is 31.7 Å². The highest BCUT2D eigenvalue weighted by molar-refractivity contribution is 6.17. The third-order valence-electron chi connectivity index (χ3n) is 5.28. The van der Waals surface area contributed by atoms with Gasteiger partial charge in [0.1, 0.15) is 12.2 Å². The van der Waals surface area contributed by atoms with Gasteiger partial charge in [-0.05, 0) is 24.6 Å². The summed E-state index contributed by atoms with van der Waals surface area (Å²) in [7, 11) is 0. The monoisotopic (exact) mass is 399 g/mol. The number of carbonyl (C=O) groups is 1. The Labute approximate surface area is 176 Å². The third kappa shape index (κ3) is 3.87. The van der Waals surface area contributed by atoms with Crippen molar-refractivity contribution in [3.63, 3.8) is 0 Å². The summed E-state index contributed by atoms with van der Waals surface area (Å²) < 4.78 is 0. The summed E-state index contributed by atoms with van der Waals surface area (Å²) in [6, 6.07) is 20.3. The lowest BCUT2D eigenvalue weighted by Gasteiger charge is -2.33. The normalized spacial score (nSPS) is 19.4. The number of aliphatic imine (C=N–C) groups is 1. The minimum Gasteiger partial charge on any atom is -0.349 e. The van der Waals surface area contributed by atoms with Crippen LogP contribution in [-0.2, 0) is 11.3 Å². The maximum atomic E-state index is 13.0. The molecule has 2 aromatic carbocycles. The Morgan fingerprint density at radius 3 is 2.50 bits per heavy atom. The van der Waals surface area contributed by atoms with E-state index in [-0.39, 0.29) is 5.78 Å². The highest BCUT2D eigenvalue weighted by Crippen LogP contribution is 2.31. The number of nitrogens with two attached hydrogens (primary N) is 2. The quantitative estimate of drug-likeness (QED) is 0.687. The van der Waals surface area contributed by atoms with E-state index in [4.69, 9.17) is 16.5 Å². The molecule has 0 bridgehead atoms. The molecule has 0 spiro atoms. The molecule has 0 saturated heterocycles. The average molecular weight is 399 g/mol. The zero-order chi connectivity index (χ0) is 21.1. The molecular formula is C24H25N5O. The molecule has 3 aromatic rings. The van der Waals surface area contributed by atoms with Crippen molar-refractivity contribution in [1.82, 2.24) is 4.98 Å². The molecule has 4 rings (SSSR count). The molecule has 1 aromatic heterocycles. The second-order valence-electron chi connectivity index (χ2n) is 7.48. The molecule has 30 heavy (non-hydrogen) atoms. The van der Waals surface area contributed by atoms with Crippen LogP contribution in [0.4, 0.5) is 5.69 Å². The number of benzene rings is 2. The summed E-state index contributed by atoms with van der Waals surface area (Å²) in [5.74, 6) is -0.181. The van der Waals surface area contributed by atoms with E-state index >= 15 is 0 Å². The fraction of sp³-hybridized carbons (Fsp3) is 0.208. The van der Waals surface area contributed by atoms with E-state index in [1.54, 1.807) is 13.1 Å². The molecule has 2 heterocycles. The maximum absolute atomic E-state index is 13.0. The Morgan fingerprint density at radius 1 is 1.07 bits per heavy atom. The first-order valence-electron chi connectivity index (χ1n) is 9.99. The van der Waals surface area contributed by atoms with E-state index in [1.165, 1.54) is 0 Å². The van der Waals surface area contributed by atoms with E-state index in [2.05, 4.69) is 4.98 Å². The van der Waals surface area contributed by atoms with Crippen LogP contribution >= 0.6 is 0 Å². The molecule has 0 saturated carbocycles. The number of nitrogens with zero attached hydrogens (tertiary/aromatic N) is 3. The summed E-state index contributed by atoms with van der Waals surface area (Å²) >= 11 is 0. The van der Waals surface area contributed by atoms with Crippen molar-refractivity contribution < 1.29 is 4.79 Å². The molecule has 0 radical (unpaired) electrons. The fourth-order valence-electron chi connectivity index (χ4n) is 3.75. The number of rotatable bonds is 5. The molecule has 3 unspecified atom stereocenters. The van der Waals surface area contributed by atoms with Gasteiger partial charge in [-0.25, -0.2) is 0 Å². The van der Waals surface area contributed by atoms with Gasteiger partial charge in [-0.1, -0.05) is 54.6 Å². The zero-order valence-corrected chi connectivity index (χ0v) is 16.8. The maximum Gasteiger partial charge on any atom is 0.177 e. The molecule has 6 heteroatoms. The first kappa shape index (κ1) is 19.9. The SMILES string of the molecule is CC(N)C(=O)C1N=C(c2ccccc2)c2ccccc2N(Cc2cccnc2)C1N. The van der Waals surface area contributed by atoms with Crippen LogP contribution in [0.2, 0.25) is 0 Å². The van der Waals surface area contributed by atoms with Gasteiger partial charge < -0.3 is 16.4 Å². The summed E-state index contributed by atoms with van der Waals surface area (Å²) in [5.41, 5.74) is 17.2. The number of aromatic nitrogens is 1. The van der Waals surface area contributed by atoms with Crippen molar-refractivity contribution >= 4 is 17.2 Å². The number of pyridine rings is 1. The van der Waals surface area contributed by atoms with Crippen molar-refractivity contribution in [2.24, 2.45) is 16.5 Å². The first-order valence-corrected chi connectivity index (χ1v) is 9.99. The van der Waals surface area contributed by atoms with Crippen LogP contribution in [0.1, 0.15) is 23.6 Å². The minimum atomic E-state index is -0.788. The van der Waals surface area contributed by atoms with Gasteiger partial charge in [-0.3, -0.25) is 14.8 Å². The molecule has 4 N–H and O–H groups in total. The lowest BCUT2D eigenvalue weighted by atomic mass is 10.00. The number of benzodiazepines with no additional fused rings is 1. The van der Waals surface area contributed by atoms with Gasteiger partial charge in [0.25, 0.3) is 0 Å². The topological polar surface area (TPSA) is 97.6 Å². The number of anilines is 1. The molecule has 0 aliphatic carbocycles. The van der Waals surface area contributed by atoms with Gasteiger partial charge in [0.2, 0.25) is 0 Å². The van der Waals surface area contributed by atoms with Gasteiger partial charge in [-0.2, -0.15) is 0 Å². The Kier molecular flexibility index (Phi) is 5.70. The molecule has 0 fully saturated rings. The second-order valence-corrected chi connectivity index (χ2v) is 7.48. The van der Waals surface area contributed by atoms with E-state index in [0.717, 1.165) is 28.1 Å². The van der Waals surface area contributed by atoms with E-state index in [1.807, 2.05) is 77.8 Å². The number of ketones is 1. The highest BCUT2D eigenvalue weighted by Gasteiger charge is 2.36. The van der Waals surface area contributed by atoms with E-state index < -0.39 is 18.2 Å². The molecule has 152 valence electrons. The van der Waals surface area contributed by atoms with Crippen LogP contribution in [0.25, 0.3) is 0 Å². The zero-order valence-electron chi connectivity index (χ0n) is 16.8. The number of para-hydroxylation sites is 1. The van der Waals surface area contributed by atoms with Gasteiger partial charge in [0.15, 0.2) is 5.78 Å². The molecular weight excluding hydrogens is 374 g/mol. The fourth-order valence-corrected chi connectivity index (χ4v) is 3.75. The van der Waals surface area contributed by atoms with Crippen LogP contribution < -0.4 is 16.4 Å². The van der Waals surface area contributed by atoms with E-state index in [0.29, 0.717) is 6.54 Å². The molecule has 1 aliphatic rings. The average Bonchev–Trinajstić information content (AvgIpc) is 2.90. The smallest absolute Gasteiger partial charge is 0.177 e. The number of hydrogen-bond acceptors (Lipinski definition) is 6. The van der Waals surface area contributed by atoms with Crippen molar-refractivity contribution in [2.75, 3.05) is 4.90 Å². The van der Waals surface area contributed by atoms with Crippen LogP contribution in [0, 0.1) is 0 Å². The van der Waals surface area contributed by atoms with Crippen LogP contribution in [0.3, 0.4) is 0 Å². The predicted octanol–water partition coefficient (Wildman–Crippen LogP) is 2.51. The number of fused-ring (bicyclic) bond motifs is 1. The largest absolute Gasteiger partial charge is 0.349 e. The van der Waals surface area contributed by atoms with Crippen molar-refractivity contribution in [3.05, 3.63) is 95.8 Å². The third-order valence-corrected chi connectivity index (χ3v) is 5.28. The summed E-state index contributed by atoms with van der Waals surface area (Å²) in [5, 5.41) is 0. The van der Waals surface area contributed by atoms with E-state index in [9.17, 15) is 4.79 Å². The van der Waals surface area contributed by atoms with Gasteiger partial charge in [-0.15, -0.1) is 0 Å². The van der Waals surface area contributed by atoms with Gasteiger partial charge in [0, 0.05) is 35.8 Å². The van der Waals surface area contributed by atoms with Gasteiger partial charge >= 0.3 is 0 Å². The summed E-state index contributed by atoms with van der Waals surface area (Å²) in [4.78, 5) is 24.2. The molecule has 0 amide bonds. The number of carbonyl (C=O) groups excluding carboxylic acids is 1. The van der Waals surface area contributed by atoms with Crippen LogP contribution in [0.5, 0.6) is 0 Å². The Hall–Kier alpha value is -3.35. The number of Topliss-reactive ketones (excluding diaryl/α,β-unsaturated/α-hetero) is 1. The lowest BCUT2D eigenvalue weighted by Crippen LogP contribution is -2.54. The highest BCUT2D eigenvalue weighted by atomic mass is 16.1. The summed E-state index contributed by atoms with van der Waals surface area (Å²) in [6.45, 7) is 2.18. The van der Waals surface area contributed by atoms with Crippen LogP contribution in [-0.4, -0.2) is 34.7 Å². The lowest BCUT2D eigenvalue weighted by molar-refractivity contribution is -0.121. The Bertz CT molecular complexity index is 1050. The van der Waals surface area contributed by atoms with Crippen LogP contribution in [0.15, 0.2) is 84.1 Å². The van der Waals surface area contributed by atoms with Crippen molar-refractivity contribution in [1.29, 1.82) is 0 Å². The molecule has 6 nitrogen and oxygen atoms in total. The van der Waals surface area contributed by atoms with Gasteiger partial charge in [0.05, 0.1) is 11.8 Å². The second kappa shape index (κ2) is 8.57. The minimum absolute atomic E-state index is 0.181. The summed E-state index contributed by atoms with van der Waals surface area (Å²) in [6.07, 6.45) is 2.88. The van der Waals surface area contributed by atoms with Crippen molar-refractivity contribution in [3.8, 4) is 0 Å². The number of hydrogen-bond donors (Lipinski definition) is 2. The first-order chi connectivity index (χ1) is 14.6. The Balaban J connectivity index is 1.89. The predicted molar refractivity (Wildman–Crippen MR) is 119 cm³/mol. The molecule has 1 aliphatic heterocycles. The molecule has 3 atom stereocenters. The Morgan fingerprint density at radius 2 is 1.80 bits per heavy atom.